The van der Waals surface area contributed by atoms with Crippen molar-refractivity contribution in [2.75, 3.05) is 51.8 Å². The van der Waals surface area contributed by atoms with Gasteiger partial charge in [-0.3, -0.25) is 0 Å². The van der Waals surface area contributed by atoms with Crippen molar-refractivity contribution in [1.29, 1.82) is 0 Å². The second-order valence-corrected chi connectivity index (χ2v) is 24.9. The molecular weight excluding hydrogens is 785 g/mol. The van der Waals surface area contributed by atoms with Crippen LogP contribution >= 0.6 is 17.2 Å². The fraction of sp³-hybridized carbons (Fsp3) is 0.765. The molecule has 0 radical (unpaired) electrons. The van der Waals surface area contributed by atoms with Crippen LogP contribution in [0.3, 0.4) is 0 Å². The average molecular weight is 872 g/mol. The van der Waals surface area contributed by atoms with E-state index in [0.717, 1.165) is 104 Å². The van der Waals surface area contributed by atoms with Crippen LogP contribution in [0, 0.1) is 17.3 Å². The highest BCUT2D eigenvalue weighted by atomic mass is 31.1. The highest BCUT2D eigenvalue weighted by Gasteiger charge is 2.49. The number of benzene rings is 2. The van der Waals surface area contributed by atoms with Gasteiger partial charge in [0.15, 0.2) is 0 Å². The summed E-state index contributed by atoms with van der Waals surface area (Å²) >= 11 is 0. The Hall–Kier alpha value is -0.980. The smallest absolute Gasteiger partial charge is 0.0750 e. The summed E-state index contributed by atoms with van der Waals surface area (Å²) in [6.07, 6.45) is 10.8. The molecule has 9 atom stereocenters. The average Bonchev–Trinajstić information content (AvgIpc) is 3.14. The van der Waals surface area contributed by atoms with E-state index in [4.69, 9.17) is 18.9 Å². The summed E-state index contributed by atoms with van der Waals surface area (Å²) in [6, 6.07) is 20.4. The molecule has 4 rings (SSSR count). The van der Waals surface area contributed by atoms with Gasteiger partial charge in [0.25, 0.3) is 0 Å². The molecule has 342 valence electrons. The molecule has 9 unspecified atom stereocenters. The normalized spacial score (nSPS) is 23.5. The second kappa shape index (κ2) is 22.8. The van der Waals surface area contributed by atoms with E-state index < -0.39 is 11.2 Å². The van der Waals surface area contributed by atoms with Gasteiger partial charge in [-0.1, -0.05) is 76.2 Å². The van der Waals surface area contributed by atoms with Gasteiger partial charge in [-0.2, -0.15) is 0 Å². The Kier molecular flexibility index (Phi) is 19.6. The van der Waals surface area contributed by atoms with E-state index in [0.29, 0.717) is 18.6 Å². The number of nitrogens with one attached hydrogen (secondary N) is 1. The molecule has 0 heterocycles. The van der Waals surface area contributed by atoms with Crippen LogP contribution in [0.15, 0.2) is 60.7 Å². The zero-order valence-corrected chi connectivity index (χ0v) is 41.9. The Morgan fingerprint density at radius 1 is 0.750 bits per heavy atom. The third-order valence-electron chi connectivity index (χ3n) is 13.2. The van der Waals surface area contributed by atoms with Crippen LogP contribution in [0.1, 0.15) is 151 Å². The molecule has 9 heteroatoms. The van der Waals surface area contributed by atoms with Gasteiger partial charge in [-0.15, -0.1) is 8.58 Å². The summed E-state index contributed by atoms with van der Waals surface area (Å²) < 4.78 is 25.7. The first-order valence-electron chi connectivity index (χ1n) is 23.2. The van der Waals surface area contributed by atoms with E-state index in [1.807, 2.05) is 64.1 Å². The molecule has 2 saturated carbocycles. The number of rotatable bonds is 28. The van der Waals surface area contributed by atoms with Crippen molar-refractivity contribution in [2.45, 2.75) is 179 Å². The third kappa shape index (κ3) is 17.5. The minimum absolute atomic E-state index is 0.0488. The van der Waals surface area contributed by atoms with E-state index in [9.17, 15) is 10.2 Å². The van der Waals surface area contributed by atoms with Gasteiger partial charge in [0.05, 0.1) is 47.1 Å². The van der Waals surface area contributed by atoms with Crippen LogP contribution in [-0.4, -0.2) is 102 Å². The van der Waals surface area contributed by atoms with E-state index in [-0.39, 0.29) is 34.5 Å². The van der Waals surface area contributed by atoms with E-state index in [1.54, 1.807) is 0 Å². The molecular formula is C51H87NO6P2. The van der Waals surface area contributed by atoms with Gasteiger partial charge in [-0.05, 0) is 174 Å². The Bertz CT molecular complexity index is 1510. The Morgan fingerprint density at radius 2 is 1.32 bits per heavy atom. The predicted octanol–water partition coefficient (Wildman–Crippen LogP) is 11.2. The fourth-order valence-corrected chi connectivity index (χ4v) is 12.7. The summed E-state index contributed by atoms with van der Waals surface area (Å²) in [4.78, 5) is 0. The molecule has 2 aliphatic carbocycles. The van der Waals surface area contributed by atoms with Crippen molar-refractivity contribution in [3.8, 4) is 0 Å². The monoisotopic (exact) mass is 872 g/mol. The van der Waals surface area contributed by atoms with Crippen LogP contribution in [0.2, 0.25) is 0 Å². The topological polar surface area (TPSA) is 89.4 Å². The van der Waals surface area contributed by atoms with Gasteiger partial charge in [0, 0.05) is 31.6 Å². The lowest BCUT2D eigenvalue weighted by Gasteiger charge is -2.55. The minimum atomic E-state index is -0.870. The first-order chi connectivity index (χ1) is 28.0. The molecule has 2 fully saturated rings. The van der Waals surface area contributed by atoms with E-state index >= 15 is 0 Å². The Morgan fingerprint density at radius 3 is 1.92 bits per heavy atom. The molecule has 0 amide bonds. The van der Waals surface area contributed by atoms with E-state index in [2.05, 4.69) is 85.0 Å². The molecule has 0 aromatic heterocycles. The van der Waals surface area contributed by atoms with Crippen molar-refractivity contribution < 1.29 is 29.2 Å². The first-order valence-corrected chi connectivity index (χ1v) is 25.8. The van der Waals surface area contributed by atoms with Gasteiger partial charge in [0.1, 0.15) is 0 Å². The summed E-state index contributed by atoms with van der Waals surface area (Å²) in [5.41, 5.74) is 1.12. The standard InChI is InChI=1S/C51H87NO6P2/c1-38(55-33-43(49(8,9)53)39-21-15-13-16-22-39)59-30-20-29-57-48(6,7)37-60-45-31-41-25-26-51(12,32-42(41)45)35-46(2,3)56-28-19-27-52-36-47(4,5)58-34-44(50(10,11)54)40-23-17-14-18-24-40/h13-18,21-24,38,41-45,52-54,59-60H,19-20,25-37H2,1-12H3. The lowest BCUT2D eigenvalue weighted by atomic mass is 9.56. The molecule has 2 aromatic carbocycles. The number of hydrogen-bond acceptors (Lipinski definition) is 7. The summed E-state index contributed by atoms with van der Waals surface area (Å²) in [5, 5.41) is 25.2. The Labute approximate surface area is 370 Å². The minimum Gasteiger partial charge on any atom is -0.390 e. The summed E-state index contributed by atoms with van der Waals surface area (Å²) in [6.45, 7) is 29.8. The molecule has 0 spiro atoms. The number of aliphatic hydroxyl groups is 2. The van der Waals surface area contributed by atoms with Crippen LogP contribution in [0.5, 0.6) is 0 Å². The quantitative estimate of drug-likeness (QED) is 0.0580. The van der Waals surface area contributed by atoms with Crippen molar-refractivity contribution in [2.24, 2.45) is 17.3 Å². The summed E-state index contributed by atoms with van der Waals surface area (Å²) in [7, 11) is 1.69. The van der Waals surface area contributed by atoms with Crippen molar-refractivity contribution in [1.82, 2.24) is 5.32 Å². The predicted molar refractivity (Wildman–Crippen MR) is 257 cm³/mol. The van der Waals surface area contributed by atoms with Crippen molar-refractivity contribution in [3.05, 3.63) is 71.8 Å². The zero-order valence-electron chi connectivity index (χ0n) is 39.9. The molecule has 0 aliphatic heterocycles. The first kappa shape index (κ1) is 51.7. The van der Waals surface area contributed by atoms with Gasteiger partial charge >= 0.3 is 0 Å². The largest absolute Gasteiger partial charge is 0.390 e. The second-order valence-electron chi connectivity index (χ2n) is 21.7. The van der Waals surface area contributed by atoms with Crippen LogP contribution < -0.4 is 5.32 Å². The fourth-order valence-electron chi connectivity index (χ4n) is 9.66. The van der Waals surface area contributed by atoms with Crippen molar-refractivity contribution >= 4 is 17.2 Å². The number of ether oxygens (including phenoxy) is 4. The molecule has 0 bridgehead atoms. The van der Waals surface area contributed by atoms with Gasteiger partial charge < -0.3 is 34.5 Å². The molecule has 0 saturated heterocycles. The van der Waals surface area contributed by atoms with Crippen LogP contribution in [0.25, 0.3) is 0 Å². The van der Waals surface area contributed by atoms with Gasteiger partial charge in [0.2, 0.25) is 0 Å². The lowest BCUT2D eigenvalue weighted by Crippen LogP contribution is -2.48. The third-order valence-corrected chi connectivity index (χ3v) is 16.8. The van der Waals surface area contributed by atoms with Crippen LogP contribution in [-0.2, 0) is 18.9 Å². The van der Waals surface area contributed by atoms with Crippen molar-refractivity contribution in [3.63, 3.8) is 0 Å². The lowest BCUT2D eigenvalue weighted by molar-refractivity contribution is -0.0735. The number of hydrogen-bond donors (Lipinski definition) is 3. The molecule has 60 heavy (non-hydrogen) atoms. The molecule has 3 N–H and O–H groups in total. The Balaban J connectivity index is 1.08. The maximum absolute atomic E-state index is 10.9. The van der Waals surface area contributed by atoms with Crippen LogP contribution in [0.4, 0.5) is 0 Å². The molecule has 2 aromatic rings. The zero-order chi connectivity index (χ0) is 44.2. The van der Waals surface area contributed by atoms with E-state index in [1.165, 1.54) is 25.7 Å². The SMILES string of the molecule is CC(OCC(c1ccccc1)C(C)(C)O)PCCCOC(C)(C)CPC1CC2CCC(C)(CC(C)(C)OCCCNCC(C)(C)OCC(c3ccccc3)C(C)(C)O)CC21. The number of fused-ring (bicyclic) bond motifs is 1. The maximum atomic E-state index is 10.9. The summed E-state index contributed by atoms with van der Waals surface area (Å²) in [5.74, 6) is 1.81. The molecule has 2 aliphatic rings. The molecule has 7 nitrogen and oxygen atoms in total. The highest BCUT2D eigenvalue weighted by molar-refractivity contribution is 7.39. The van der Waals surface area contributed by atoms with Gasteiger partial charge in [-0.25, -0.2) is 0 Å². The maximum Gasteiger partial charge on any atom is 0.0750 e. The highest BCUT2D eigenvalue weighted by Crippen LogP contribution is 2.59.